The summed E-state index contributed by atoms with van der Waals surface area (Å²) < 4.78 is 10.2. The van der Waals surface area contributed by atoms with E-state index in [0.29, 0.717) is 17.7 Å². The van der Waals surface area contributed by atoms with Crippen molar-refractivity contribution in [3.63, 3.8) is 0 Å². The van der Waals surface area contributed by atoms with E-state index in [1.165, 1.54) is 5.56 Å². The van der Waals surface area contributed by atoms with Gasteiger partial charge in [-0.1, -0.05) is 37.6 Å². The Bertz CT molecular complexity index is 1440. The van der Waals surface area contributed by atoms with Gasteiger partial charge in [-0.2, -0.15) is 4.98 Å². The number of halogens is 1. The smallest absolute Gasteiger partial charge is 0.258 e. The minimum atomic E-state index is 0.205. The predicted molar refractivity (Wildman–Crippen MR) is 150 cm³/mol. The first kappa shape index (κ1) is 25.5. The van der Waals surface area contributed by atoms with Crippen LogP contribution in [0.5, 0.6) is 0 Å². The Labute approximate surface area is 228 Å². The van der Waals surface area contributed by atoms with E-state index in [1.807, 2.05) is 10.5 Å². The third-order valence-corrected chi connectivity index (χ3v) is 8.44. The van der Waals surface area contributed by atoms with Crippen molar-refractivity contribution in [3.05, 3.63) is 47.0 Å². The molecule has 9 nitrogen and oxygen atoms in total. The highest BCUT2D eigenvalue weighted by Crippen LogP contribution is 2.37. The van der Waals surface area contributed by atoms with Gasteiger partial charge in [-0.3, -0.25) is 4.90 Å². The Morgan fingerprint density at radius 3 is 2.71 bits per heavy atom. The third-order valence-electron chi connectivity index (χ3n) is 8.20. The van der Waals surface area contributed by atoms with Gasteiger partial charge in [0.2, 0.25) is 0 Å². The van der Waals surface area contributed by atoms with Crippen molar-refractivity contribution in [2.24, 2.45) is 5.92 Å². The molecule has 0 N–H and O–H groups in total. The van der Waals surface area contributed by atoms with Crippen molar-refractivity contribution in [2.45, 2.75) is 78.2 Å². The molecule has 1 unspecified atom stereocenters. The lowest BCUT2D eigenvalue weighted by Crippen LogP contribution is -2.58. The van der Waals surface area contributed by atoms with E-state index in [9.17, 15) is 0 Å². The van der Waals surface area contributed by atoms with Gasteiger partial charge >= 0.3 is 0 Å². The summed E-state index contributed by atoms with van der Waals surface area (Å²) in [5.74, 6) is 2.89. The molecule has 38 heavy (non-hydrogen) atoms. The molecule has 2 aliphatic rings. The minimum absolute atomic E-state index is 0.205. The van der Waals surface area contributed by atoms with Gasteiger partial charge in [-0.15, -0.1) is 10.2 Å². The minimum Gasteiger partial charge on any atom is -0.376 e. The first-order valence-corrected chi connectivity index (χ1v) is 14.2. The number of aromatic nitrogens is 6. The number of nitrogens with zero attached hydrogens (tertiary/aromatic N) is 8. The summed E-state index contributed by atoms with van der Waals surface area (Å²) in [6.45, 7) is 14.6. The molecule has 2 aliphatic heterocycles. The zero-order chi connectivity index (χ0) is 26.6. The molecule has 2 saturated heterocycles. The molecule has 3 aromatic heterocycles. The number of hydrogen-bond donors (Lipinski definition) is 0. The quantitative estimate of drug-likeness (QED) is 0.346. The fourth-order valence-corrected chi connectivity index (χ4v) is 6.65. The summed E-state index contributed by atoms with van der Waals surface area (Å²) in [5.41, 5.74) is 3.16. The second kappa shape index (κ2) is 10.1. The Morgan fingerprint density at radius 2 is 1.97 bits per heavy atom. The molecule has 202 valence electrons. The molecule has 0 aliphatic carbocycles. The van der Waals surface area contributed by atoms with E-state index in [2.05, 4.69) is 77.4 Å². The molecule has 0 amide bonds. The average molecular weight is 537 g/mol. The maximum Gasteiger partial charge on any atom is 0.258 e. The monoisotopic (exact) mass is 536 g/mol. The topological polar surface area (TPSA) is 76.6 Å². The number of hydrogen-bond acceptors (Lipinski definition) is 7. The number of imidazole rings is 1. The lowest BCUT2D eigenvalue weighted by atomic mass is 9.91. The summed E-state index contributed by atoms with van der Waals surface area (Å²) >= 11 is 6.40. The van der Waals surface area contributed by atoms with E-state index in [0.717, 1.165) is 66.9 Å². The Kier molecular flexibility index (Phi) is 6.78. The molecule has 0 radical (unpaired) electrons. The van der Waals surface area contributed by atoms with Gasteiger partial charge in [-0.05, 0) is 57.2 Å². The van der Waals surface area contributed by atoms with Gasteiger partial charge in [0.05, 0.1) is 12.6 Å². The highest BCUT2D eigenvalue weighted by Gasteiger charge is 2.37. The largest absolute Gasteiger partial charge is 0.376 e. The normalized spacial score (nSPS) is 23.8. The summed E-state index contributed by atoms with van der Waals surface area (Å²) in [6, 6.07) is 9.14. The van der Waals surface area contributed by atoms with Crippen LogP contribution in [0.25, 0.3) is 16.9 Å². The van der Waals surface area contributed by atoms with Crippen LogP contribution in [0.4, 0.5) is 5.82 Å². The number of piperazine rings is 1. The predicted octanol–water partition coefficient (Wildman–Crippen LogP) is 4.91. The lowest BCUT2D eigenvalue weighted by Gasteiger charge is -2.49. The van der Waals surface area contributed by atoms with Crippen molar-refractivity contribution >= 4 is 34.4 Å². The standard InChI is InChI=1S/C28H37ClN8O/c1-17(2)25(21-8-6-9-22(29)12-21)34-13-19(4)35(14-18(34)3)26-24-27(37-16-30-33-28(37)32-26)36(20(5)31-24)15-23-10-7-11-38-23/h6,8-9,12,16-19,23,25H,7,10-11,13-15H2,1-5H3/t18-,19+,23?,25-/m1/s1. The molecule has 0 saturated carbocycles. The van der Waals surface area contributed by atoms with E-state index < -0.39 is 0 Å². The van der Waals surface area contributed by atoms with Gasteiger partial charge in [0, 0.05) is 42.8 Å². The number of anilines is 1. The first-order valence-electron chi connectivity index (χ1n) is 13.8. The molecule has 4 aromatic rings. The fraction of sp³-hybridized carbons (Fsp3) is 0.571. The van der Waals surface area contributed by atoms with Crippen molar-refractivity contribution in [2.75, 3.05) is 24.6 Å². The zero-order valence-electron chi connectivity index (χ0n) is 22.9. The van der Waals surface area contributed by atoms with Crippen LogP contribution in [-0.2, 0) is 11.3 Å². The van der Waals surface area contributed by atoms with Crippen LogP contribution in [0.15, 0.2) is 30.6 Å². The highest BCUT2D eigenvalue weighted by molar-refractivity contribution is 6.30. The summed E-state index contributed by atoms with van der Waals surface area (Å²) in [5, 5.41) is 9.32. The molecule has 6 rings (SSSR count). The van der Waals surface area contributed by atoms with E-state index in [-0.39, 0.29) is 18.2 Å². The summed E-state index contributed by atoms with van der Waals surface area (Å²) in [7, 11) is 0. The maximum absolute atomic E-state index is 6.40. The molecule has 4 atom stereocenters. The lowest BCUT2D eigenvalue weighted by molar-refractivity contribution is 0.0822. The maximum atomic E-state index is 6.40. The molecule has 1 aromatic carbocycles. The Balaban J connectivity index is 1.37. The number of fused-ring (bicyclic) bond motifs is 3. The molecule has 10 heteroatoms. The molecule has 0 spiro atoms. The second-order valence-electron chi connectivity index (χ2n) is 11.3. The highest BCUT2D eigenvalue weighted by atomic mass is 35.5. The third kappa shape index (κ3) is 4.44. The van der Waals surface area contributed by atoms with Crippen molar-refractivity contribution in [1.82, 2.24) is 34.0 Å². The number of ether oxygens (including phenoxy) is 1. The zero-order valence-corrected chi connectivity index (χ0v) is 23.6. The molecular weight excluding hydrogens is 500 g/mol. The van der Waals surface area contributed by atoms with E-state index in [4.69, 9.17) is 26.3 Å². The van der Waals surface area contributed by atoms with Crippen LogP contribution < -0.4 is 4.90 Å². The number of rotatable bonds is 6. The Morgan fingerprint density at radius 1 is 1.13 bits per heavy atom. The number of aryl methyl sites for hydroxylation is 1. The summed E-state index contributed by atoms with van der Waals surface area (Å²) in [6.07, 6.45) is 4.13. The fourth-order valence-electron chi connectivity index (χ4n) is 6.45. The van der Waals surface area contributed by atoms with Gasteiger partial charge in [0.1, 0.15) is 17.7 Å². The second-order valence-corrected chi connectivity index (χ2v) is 11.7. The van der Waals surface area contributed by atoms with Crippen LogP contribution in [0.2, 0.25) is 5.02 Å². The van der Waals surface area contributed by atoms with Crippen LogP contribution in [0, 0.1) is 12.8 Å². The molecule has 2 fully saturated rings. The van der Waals surface area contributed by atoms with Gasteiger partial charge in [0.25, 0.3) is 5.78 Å². The van der Waals surface area contributed by atoms with Crippen LogP contribution >= 0.6 is 11.6 Å². The van der Waals surface area contributed by atoms with Gasteiger partial charge in [0.15, 0.2) is 11.5 Å². The van der Waals surface area contributed by atoms with Crippen molar-refractivity contribution in [3.8, 4) is 0 Å². The van der Waals surface area contributed by atoms with Crippen LogP contribution in [0.1, 0.15) is 58.0 Å². The van der Waals surface area contributed by atoms with Gasteiger partial charge in [-0.25, -0.2) is 9.38 Å². The molecule has 0 bridgehead atoms. The molecule has 5 heterocycles. The Hall–Kier alpha value is -2.75. The summed E-state index contributed by atoms with van der Waals surface area (Å²) in [4.78, 5) is 15.1. The van der Waals surface area contributed by atoms with E-state index in [1.54, 1.807) is 6.33 Å². The van der Waals surface area contributed by atoms with Gasteiger partial charge < -0.3 is 14.2 Å². The number of benzene rings is 1. The molecular formula is C28H37ClN8O. The SMILES string of the molecule is Cc1nc2c(N3C[C@@H](C)N([C@@H](c4cccc(Cl)c4)C(C)C)C[C@@H]3C)nc3nncn3c2n1CC1CCCO1. The average Bonchev–Trinajstić information content (AvgIpc) is 3.62. The van der Waals surface area contributed by atoms with Crippen molar-refractivity contribution < 1.29 is 4.74 Å². The van der Waals surface area contributed by atoms with E-state index >= 15 is 0 Å². The first-order chi connectivity index (χ1) is 18.3. The van der Waals surface area contributed by atoms with Crippen LogP contribution in [0.3, 0.4) is 0 Å². The van der Waals surface area contributed by atoms with Crippen LogP contribution in [-0.4, -0.2) is 71.9 Å². The van der Waals surface area contributed by atoms with Crippen molar-refractivity contribution in [1.29, 1.82) is 0 Å².